The fraction of sp³-hybridized carbons (Fsp3) is 0.500. The van der Waals surface area contributed by atoms with Gasteiger partial charge in [0.25, 0.3) is 0 Å². The third kappa shape index (κ3) is 4.21. The van der Waals surface area contributed by atoms with Crippen molar-refractivity contribution < 1.29 is 9.59 Å². The van der Waals surface area contributed by atoms with E-state index in [1.54, 1.807) is 16.2 Å². The molecule has 0 spiro atoms. The molecule has 0 atom stereocenters. The lowest BCUT2D eigenvalue weighted by molar-refractivity contribution is -0.120. The highest BCUT2D eigenvalue weighted by Crippen LogP contribution is 2.22. The number of thiophene rings is 1. The quantitative estimate of drug-likeness (QED) is 0.870. The van der Waals surface area contributed by atoms with Crippen LogP contribution in [0, 0.1) is 0 Å². The van der Waals surface area contributed by atoms with E-state index in [9.17, 15) is 9.59 Å². The number of carbonyl (C=O) groups is 2. The molecule has 1 aliphatic heterocycles. The van der Waals surface area contributed by atoms with Crippen molar-refractivity contribution >= 4 is 39.2 Å². The minimum Gasteiger partial charge on any atom is -0.350 e. The second-order valence-corrected chi connectivity index (χ2v) is 7.04. The molecule has 5 nitrogen and oxygen atoms in total. The average Bonchev–Trinajstić information content (AvgIpc) is 2.68. The first-order valence-corrected chi connectivity index (χ1v) is 7.69. The van der Waals surface area contributed by atoms with Gasteiger partial charge in [-0.15, -0.1) is 11.3 Å². The molecule has 0 saturated carbocycles. The van der Waals surface area contributed by atoms with Gasteiger partial charge in [0.2, 0.25) is 5.91 Å². The van der Waals surface area contributed by atoms with Crippen LogP contribution in [0.1, 0.15) is 11.8 Å². The summed E-state index contributed by atoms with van der Waals surface area (Å²) in [6.07, 6.45) is 0.838. The summed E-state index contributed by atoms with van der Waals surface area (Å²) in [5.41, 5.74) is 0. The second kappa shape index (κ2) is 6.38. The van der Waals surface area contributed by atoms with Crippen molar-refractivity contribution in [3.05, 3.63) is 20.8 Å². The number of nitrogens with one attached hydrogen (secondary N) is 2. The normalized spacial score (nSPS) is 14.9. The first-order chi connectivity index (χ1) is 9.04. The second-order valence-electron chi connectivity index (χ2n) is 4.49. The van der Waals surface area contributed by atoms with Crippen molar-refractivity contribution in [3.8, 4) is 0 Å². The van der Waals surface area contributed by atoms with Crippen molar-refractivity contribution in [1.29, 1.82) is 0 Å². The van der Waals surface area contributed by atoms with Gasteiger partial charge >= 0.3 is 6.03 Å². The summed E-state index contributed by atoms with van der Waals surface area (Å²) in [7, 11) is 0. The van der Waals surface area contributed by atoms with Crippen LogP contribution in [0.25, 0.3) is 0 Å². The molecule has 0 aromatic carbocycles. The Kier molecular flexibility index (Phi) is 4.81. The number of halogens is 1. The van der Waals surface area contributed by atoms with Gasteiger partial charge in [-0.3, -0.25) is 4.79 Å². The van der Waals surface area contributed by atoms with E-state index in [4.69, 9.17) is 0 Å². The zero-order chi connectivity index (χ0) is 13.8. The molecule has 1 saturated heterocycles. The lowest BCUT2D eigenvalue weighted by atomic mass is 10.1. The summed E-state index contributed by atoms with van der Waals surface area (Å²) < 4.78 is 1.11. The number of nitrogens with zero attached hydrogens (tertiary/aromatic N) is 1. The van der Waals surface area contributed by atoms with E-state index in [2.05, 4.69) is 32.6 Å². The lowest BCUT2D eigenvalue weighted by Crippen LogP contribution is -2.62. The van der Waals surface area contributed by atoms with Crippen LogP contribution >= 0.6 is 27.3 Å². The summed E-state index contributed by atoms with van der Waals surface area (Å²) >= 11 is 5.09. The highest BCUT2D eigenvalue weighted by Gasteiger charge is 2.30. The van der Waals surface area contributed by atoms with Crippen molar-refractivity contribution in [2.75, 3.05) is 19.6 Å². The van der Waals surface area contributed by atoms with E-state index >= 15 is 0 Å². The Labute approximate surface area is 124 Å². The monoisotopic (exact) mass is 345 g/mol. The molecule has 0 aliphatic carbocycles. The number of hydrogen-bond acceptors (Lipinski definition) is 3. The minimum atomic E-state index is -0.0581. The van der Waals surface area contributed by atoms with Gasteiger partial charge in [-0.1, -0.05) is 0 Å². The van der Waals surface area contributed by atoms with Gasteiger partial charge in [0.05, 0.1) is 9.83 Å². The maximum Gasteiger partial charge on any atom is 0.317 e. The van der Waals surface area contributed by atoms with Gasteiger partial charge in [0, 0.05) is 31.4 Å². The lowest BCUT2D eigenvalue weighted by Gasteiger charge is -2.39. The van der Waals surface area contributed by atoms with Crippen LogP contribution in [0.15, 0.2) is 15.9 Å². The minimum absolute atomic E-state index is 0.0478. The Bertz CT molecular complexity index is 471. The third-order valence-electron chi connectivity index (χ3n) is 2.85. The molecular formula is C12H16BrN3O2S. The van der Waals surface area contributed by atoms with Crippen LogP contribution in [0.4, 0.5) is 4.79 Å². The first kappa shape index (κ1) is 14.3. The summed E-state index contributed by atoms with van der Waals surface area (Å²) in [5.74, 6) is -0.0478. The van der Waals surface area contributed by atoms with Gasteiger partial charge in [-0.2, -0.15) is 0 Å². The molecule has 0 unspecified atom stereocenters. The number of likely N-dealkylation sites (tertiary alicyclic amines) is 1. The van der Waals surface area contributed by atoms with Crippen LogP contribution in [0.2, 0.25) is 0 Å². The Morgan fingerprint density at radius 2 is 2.21 bits per heavy atom. The zero-order valence-electron chi connectivity index (χ0n) is 10.6. The van der Waals surface area contributed by atoms with E-state index in [-0.39, 0.29) is 18.0 Å². The smallest absolute Gasteiger partial charge is 0.317 e. The molecule has 2 rings (SSSR count). The van der Waals surface area contributed by atoms with Gasteiger partial charge in [-0.25, -0.2) is 4.79 Å². The molecule has 3 amide bonds. The van der Waals surface area contributed by atoms with Gasteiger partial charge in [0.15, 0.2) is 0 Å². The van der Waals surface area contributed by atoms with Crippen LogP contribution in [-0.2, 0) is 11.2 Å². The van der Waals surface area contributed by atoms with E-state index in [1.807, 2.05) is 6.07 Å². The van der Waals surface area contributed by atoms with E-state index in [1.165, 1.54) is 11.8 Å². The number of carbonyl (C=O) groups excluding carboxylic acids is 2. The molecule has 1 aromatic heterocycles. The van der Waals surface area contributed by atoms with E-state index in [0.29, 0.717) is 19.6 Å². The fourth-order valence-electron chi connectivity index (χ4n) is 1.91. The van der Waals surface area contributed by atoms with Crippen LogP contribution in [0.5, 0.6) is 0 Å². The molecule has 7 heteroatoms. The molecule has 1 aromatic rings. The van der Waals surface area contributed by atoms with Gasteiger partial charge in [0.1, 0.15) is 0 Å². The number of urea groups is 1. The number of amides is 3. The topological polar surface area (TPSA) is 61.4 Å². The molecule has 0 bridgehead atoms. The standard InChI is InChI=1S/C12H16BrN3O2S/c1-8(17)15-9-6-16(7-9)12(18)14-5-4-10-2-3-11(13)19-10/h2-3,9H,4-7H2,1H3,(H,14,18)(H,15,17). The third-order valence-corrected chi connectivity index (χ3v) is 4.54. The van der Waals surface area contributed by atoms with Crippen molar-refractivity contribution in [2.24, 2.45) is 0 Å². The fourth-order valence-corrected chi connectivity index (χ4v) is 3.40. The van der Waals surface area contributed by atoms with Gasteiger partial charge < -0.3 is 15.5 Å². The van der Waals surface area contributed by atoms with Gasteiger partial charge in [-0.05, 0) is 34.5 Å². The van der Waals surface area contributed by atoms with Crippen molar-refractivity contribution in [2.45, 2.75) is 19.4 Å². The summed E-state index contributed by atoms with van der Waals surface area (Å²) in [6, 6.07) is 4.11. The Hall–Kier alpha value is -1.08. The molecular weight excluding hydrogens is 330 g/mol. The maximum absolute atomic E-state index is 11.7. The zero-order valence-corrected chi connectivity index (χ0v) is 13.0. The molecule has 2 N–H and O–H groups in total. The molecule has 1 aliphatic rings. The highest BCUT2D eigenvalue weighted by molar-refractivity contribution is 9.11. The SMILES string of the molecule is CC(=O)NC1CN(C(=O)NCCc2ccc(Br)s2)C1. The highest BCUT2D eigenvalue weighted by atomic mass is 79.9. The van der Waals surface area contributed by atoms with Crippen LogP contribution < -0.4 is 10.6 Å². The Morgan fingerprint density at radius 1 is 1.47 bits per heavy atom. The molecule has 0 radical (unpaired) electrons. The molecule has 19 heavy (non-hydrogen) atoms. The summed E-state index contributed by atoms with van der Waals surface area (Å²) in [5, 5.41) is 5.67. The average molecular weight is 346 g/mol. The van der Waals surface area contributed by atoms with Crippen LogP contribution in [-0.4, -0.2) is 42.5 Å². The molecule has 2 heterocycles. The summed E-state index contributed by atoms with van der Waals surface area (Å²) in [4.78, 5) is 25.5. The largest absolute Gasteiger partial charge is 0.350 e. The van der Waals surface area contributed by atoms with Crippen molar-refractivity contribution in [3.63, 3.8) is 0 Å². The van der Waals surface area contributed by atoms with E-state index < -0.39 is 0 Å². The molecule has 104 valence electrons. The number of hydrogen-bond donors (Lipinski definition) is 2. The van der Waals surface area contributed by atoms with E-state index in [0.717, 1.165) is 10.2 Å². The molecule has 1 fully saturated rings. The number of rotatable bonds is 4. The van der Waals surface area contributed by atoms with Crippen molar-refractivity contribution in [1.82, 2.24) is 15.5 Å². The van der Waals surface area contributed by atoms with Crippen LogP contribution in [0.3, 0.4) is 0 Å². The maximum atomic E-state index is 11.7. The summed E-state index contributed by atoms with van der Waals surface area (Å²) in [6.45, 7) is 3.31. The predicted octanol–water partition coefficient (Wildman–Crippen LogP) is 1.58. The first-order valence-electron chi connectivity index (χ1n) is 6.08. The predicted molar refractivity (Wildman–Crippen MR) is 78.3 cm³/mol. The Morgan fingerprint density at radius 3 is 2.79 bits per heavy atom. The Balaban J connectivity index is 1.62.